The standard InChI is InChI=1S/C14H21NO2/c1-4-6-13(15-5-2)14(16)11-7-9-12(17-3)10-8-11/h7-10,13,15H,4-6H2,1-3H3. The van der Waals surface area contributed by atoms with E-state index in [1.54, 1.807) is 7.11 Å². The monoisotopic (exact) mass is 235 g/mol. The van der Waals surface area contributed by atoms with E-state index in [0.717, 1.165) is 30.7 Å². The van der Waals surface area contributed by atoms with Crippen LogP contribution in [0, 0.1) is 0 Å². The van der Waals surface area contributed by atoms with Gasteiger partial charge in [-0.15, -0.1) is 0 Å². The minimum atomic E-state index is -0.0709. The van der Waals surface area contributed by atoms with E-state index in [4.69, 9.17) is 4.74 Å². The van der Waals surface area contributed by atoms with Gasteiger partial charge < -0.3 is 10.1 Å². The van der Waals surface area contributed by atoms with Crippen LogP contribution in [0.15, 0.2) is 24.3 Å². The lowest BCUT2D eigenvalue weighted by atomic mass is 10.0. The molecule has 94 valence electrons. The number of likely N-dealkylation sites (N-methyl/N-ethyl adjacent to an activating group) is 1. The Morgan fingerprint density at radius 3 is 2.41 bits per heavy atom. The predicted molar refractivity (Wildman–Crippen MR) is 69.7 cm³/mol. The summed E-state index contributed by atoms with van der Waals surface area (Å²) in [4.78, 5) is 12.2. The average Bonchev–Trinajstić information content (AvgIpc) is 2.38. The zero-order chi connectivity index (χ0) is 12.7. The number of nitrogens with one attached hydrogen (secondary N) is 1. The zero-order valence-electron chi connectivity index (χ0n) is 10.8. The van der Waals surface area contributed by atoms with Crippen LogP contribution in [0.4, 0.5) is 0 Å². The first kappa shape index (κ1) is 13.7. The molecule has 1 aromatic carbocycles. The van der Waals surface area contributed by atoms with Gasteiger partial charge in [-0.2, -0.15) is 0 Å². The van der Waals surface area contributed by atoms with E-state index in [0.29, 0.717) is 0 Å². The molecule has 0 aliphatic heterocycles. The summed E-state index contributed by atoms with van der Waals surface area (Å²) in [7, 11) is 1.62. The number of ether oxygens (including phenoxy) is 1. The molecular formula is C14H21NO2. The Labute approximate surface area is 103 Å². The van der Waals surface area contributed by atoms with Gasteiger partial charge in [-0.3, -0.25) is 4.79 Å². The third-order valence-electron chi connectivity index (χ3n) is 2.72. The van der Waals surface area contributed by atoms with Crippen molar-refractivity contribution in [2.75, 3.05) is 13.7 Å². The van der Waals surface area contributed by atoms with E-state index in [1.807, 2.05) is 31.2 Å². The summed E-state index contributed by atoms with van der Waals surface area (Å²) in [6.07, 6.45) is 1.87. The van der Waals surface area contributed by atoms with Gasteiger partial charge in [-0.1, -0.05) is 20.3 Å². The van der Waals surface area contributed by atoms with Gasteiger partial charge >= 0.3 is 0 Å². The Hall–Kier alpha value is -1.35. The summed E-state index contributed by atoms with van der Waals surface area (Å²) < 4.78 is 5.08. The number of carbonyl (C=O) groups excluding carboxylic acids is 1. The molecule has 1 atom stereocenters. The van der Waals surface area contributed by atoms with Crippen LogP contribution in [-0.4, -0.2) is 25.5 Å². The number of benzene rings is 1. The number of rotatable bonds is 7. The number of hydrogen-bond acceptors (Lipinski definition) is 3. The van der Waals surface area contributed by atoms with E-state index in [-0.39, 0.29) is 11.8 Å². The van der Waals surface area contributed by atoms with Crippen molar-refractivity contribution in [2.24, 2.45) is 0 Å². The Kier molecular flexibility index (Phi) is 5.70. The second kappa shape index (κ2) is 7.07. The lowest BCUT2D eigenvalue weighted by Crippen LogP contribution is -2.36. The van der Waals surface area contributed by atoms with E-state index in [9.17, 15) is 4.79 Å². The van der Waals surface area contributed by atoms with Crippen LogP contribution in [-0.2, 0) is 0 Å². The molecule has 0 spiro atoms. The van der Waals surface area contributed by atoms with Crippen LogP contribution in [0.2, 0.25) is 0 Å². The first-order valence-corrected chi connectivity index (χ1v) is 6.14. The molecule has 1 unspecified atom stereocenters. The molecule has 3 heteroatoms. The maximum Gasteiger partial charge on any atom is 0.179 e. The van der Waals surface area contributed by atoms with Crippen molar-refractivity contribution >= 4 is 5.78 Å². The highest BCUT2D eigenvalue weighted by Gasteiger charge is 2.17. The Bertz CT molecular complexity index is 340. The highest BCUT2D eigenvalue weighted by Crippen LogP contribution is 2.14. The smallest absolute Gasteiger partial charge is 0.179 e. The van der Waals surface area contributed by atoms with Gasteiger partial charge in [0.1, 0.15) is 5.75 Å². The van der Waals surface area contributed by atoms with Gasteiger partial charge in [0.15, 0.2) is 5.78 Å². The highest BCUT2D eigenvalue weighted by atomic mass is 16.5. The normalized spacial score (nSPS) is 12.2. The molecule has 0 aliphatic rings. The molecule has 0 saturated carbocycles. The molecule has 0 amide bonds. The van der Waals surface area contributed by atoms with Crippen LogP contribution in [0.25, 0.3) is 0 Å². The second-order valence-corrected chi connectivity index (χ2v) is 3.99. The number of hydrogen-bond donors (Lipinski definition) is 1. The summed E-state index contributed by atoms with van der Waals surface area (Å²) in [5.74, 6) is 0.938. The van der Waals surface area contributed by atoms with Crippen LogP contribution >= 0.6 is 0 Å². The predicted octanol–water partition coefficient (Wildman–Crippen LogP) is 2.66. The van der Waals surface area contributed by atoms with Crippen LogP contribution in [0.5, 0.6) is 5.75 Å². The summed E-state index contributed by atoms with van der Waals surface area (Å²) >= 11 is 0. The average molecular weight is 235 g/mol. The SMILES string of the molecule is CCCC(NCC)C(=O)c1ccc(OC)cc1. The topological polar surface area (TPSA) is 38.3 Å². The molecule has 0 aromatic heterocycles. The Morgan fingerprint density at radius 2 is 1.94 bits per heavy atom. The summed E-state index contributed by atoms with van der Waals surface area (Å²) in [6.45, 7) is 4.92. The largest absolute Gasteiger partial charge is 0.497 e. The summed E-state index contributed by atoms with van der Waals surface area (Å²) in [6, 6.07) is 7.21. The van der Waals surface area contributed by atoms with Gasteiger partial charge in [-0.25, -0.2) is 0 Å². The van der Waals surface area contributed by atoms with Crippen LogP contribution < -0.4 is 10.1 Å². The quantitative estimate of drug-likeness (QED) is 0.738. The molecule has 0 bridgehead atoms. The minimum Gasteiger partial charge on any atom is -0.497 e. The van der Waals surface area contributed by atoms with Gasteiger partial charge in [0, 0.05) is 5.56 Å². The zero-order valence-corrected chi connectivity index (χ0v) is 10.8. The fourth-order valence-corrected chi connectivity index (χ4v) is 1.82. The van der Waals surface area contributed by atoms with Crippen molar-refractivity contribution in [3.05, 3.63) is 29.8 Å². The Morgan fingerprint density at radius 1 is 1.29 bits per heavy atom. The fraction of sp³-hybridized carbons (Fsp3) is 0.500. The number of methoxy groups -OCH3 is 1. The van der Waals surface area contributed by atoms with Gasteiger partial charge in [0.2, 0.25) is 0 Å². The lowest BCUT2D eigenvalue weighted by Gasteiger charge is -2.15. The molecule has 1 rings (SSSR count). The van der Waals surface area contributed by atoms with Crippen molar-refractivity contribution in [3.8, 4) is 5.75 Å². The molecular weight excluding hydrogens is 214 g/mol. The molecule has 3 nitrogen and oxygen atoms in total. The summed E-state index contributed by atoms with van der Waals surface area (Å²) in [5, 5.41) is 3.23. The maximum absolute atomic E-state index is 12.2. The van der Waals surface area contributed by atoms with Crippen molar-refractivity contribution in [1.82, 2.24) is 5.32 Å². The minimum absolute atomic E-state index is 0.0709. The fourth-order valence-electron chi connectivity index (χ4n) is 1.82. The number of Topliss-reactive ketones (excluding diaryl/α,β-unsaturated/α-hetero) is 1. The van der Waals surface area contributed by atoms with E-state index in [2.05, 4.69) is 12.2 Å². The number of carbonyl (C=O) groups is 1. The molecule has 1 aromatic rings. The summed E-state index contributed by atoms with van der Waals surface area (Å²) in [5.41, 5.74) is 0.741. The van der Waals surface area contributed by atoms with Gasteiger partial charge in [-0.05, 0) is 37.2 Å². The van der Waals surface area contributed by atoms with E-state index in [1.165, 1.54) is 0 Å². The van der Waals surface area contributed by atoms with E-state index < -0.39 is 0 Å². The number of ketones is 1. The van der Waals surface area contributed by atoms with Gasteiger partial charge in [0.05, 0.1) is 13.2 Å². The third kappa shape index (κ3) is 3.86. The first-order valence-electron chi connectivity index (χ1n) is 6.14. The van der Waals surface area contributed by atoms with Crippen molar-refractivity contribution in [1.29, 1.82) is 0 Å². The second-order valence-electron chi connectivity index (χ2n) is 3.99. The van der Waals surface area contributed by atoms with Crippen LogP contribution in [0.1, 0.15) is 37.0 Å². The Balaban J connectivity index is 2.77. The molecule has 0 aliphatic carbocycles. The van der Waals surface area contributed by atoms with Crippen molar-refractivity contribution in [3.63, 3.8) is 0 Å². The third-order valence-corrected chi connectivity index (χ3v) is 2.72. The van der Waals surface area contributed by atoms with Crippen molar-refractivity contribution < 1.29 is 9.53 Å². The maximum atomic E-state index is 12.2. The first-order chi connectivity index (χ1) is 8.22. The molecule has 0 radical (unpaired) electrons. The van der Waals surface area contributed by atoms with Crippen LogP contribution in [0.3, 0.4) is 0 Å². The molecule has 0 fully saturated rings. The molecule has 1 N–H and O–H groups in total. The molecule has 17 heavy (non-hydrogen) atoms. The van der Waals surface area contributed by atoms with Crippen molar-refractivity contribution in [2.45, 2.75) is 32.7 Å². The lowest BCUT2D eigenvalue weighted by molar-refractivity contribution is 0.0938. The van der Waals surface area contributed by atoms with E-state index >= 15 is 0 Å². The van der Waals surface area contributed by atoms with Gasteiger partial charge in [0.25, 0.3) is 0 Å². The molecule has 0 heterocycles. The molecule has 0 saturated heterocycles. The highest BCUT2D eigenvalue weighted by molar-refractivity contribution is 6.00.